The predicted molar refractivity (Wildman–Crippen MR) is 77.9 cm³/mol. The molecule has 1 heterocycles. The van der Waals surface area contributed by atoms with Gasteiger partial charge in [-0.3, -0.25) is 0 Å². The van der Waals surface area contributed by atoms with E-state index in [1.165, 1.54) is 0 Å². The van der Waals surface area contributed by atoms with Crippen molar-refractivity contribution < 1.29 is 4.74 Å². The van der Waals surface area contributed by atoms with E-state index in [-0.39, 0.29) is 6.04 Å². The van der Waals surface area contributed by atoms with Gasteiger partial charge in [0.2, 0.25) is 0 Å². The van der Waals surface area contributed by atoms with Gasteiger partial charge >= 0.3 is 0 Å². The van der Waals surface area contributed by atoms with E-state index in [1.807, 2.05) is 55.3 Å². The fraction of sp³-hybridized carbons (Fsp3) is 0.267. The summed E-state index contributed by atoms with van der Waals surface area (Å²) in [6.45, 7) is 1.96. The molecular weight excluding hydrogens is 238 g/mol. The number of hydrogen-bond acceptors (Lipinski definition) is 4. The van der Waals surface area contributed by atoms with Crippen molar-refractivity contribution in [1.29, 1.82) is 0 Å². The van der Waals surface area contributed by atoms with Crippen LogP contribution < -0.4 is 15.4 Å². The zero-order chi connectivity index (χ0) is 13.8. The lowest BCUT2D eigenvalue weighted by Crippen LogP contribution is -2.13. The molecule has 0 aliphatic rings. The highest BCUT2D eigenvalue weighted by molar-refractivity contribution is 5.61. The molecule has 1 aromatic heterocycles. The first-order valence-electron chi connectivity index (χ1n) is 6.21. The highest BCUT2D eigenvalue weighted by Crippen LogP contribution is 2.26. The number of ether oxygens (including phenoxy) is 1. The predicted octanol–water partition coefficient (Wildman–Crippen LogP) is 2.88. The van der Waals surface area contributed by atoms with Gasteiger partial charge in [-0.1, -0.05) is 6.07 Å². The maximum absolute atomic E-state index is 5.90. The lowest BCUT2D eigenvalue weighted by Gasteiger charge is -2.20. The van der Waals surface area contributed by atoms with E-state index >= 15 is 0 Å². The van der Waals surface area contributed by atoms with Gasteiger partial charge in [-0.2, -0.15) is 0 Å². The van der Waals surface area contributed by atoms with Gasteiger partial charge in [0.25, 0.3) is 0 Å². The molecule has 4 nitrogen and oxygen atoms in total. The van der Waals surface area contributed by atoms with E-state index in [0.29, 0.717) is 0 Å². The highest BCUT2D eigenvalue weighted by atomic mass is 16.5. The van der Waals surface area contributed by atoms with Crippen LogP contribution in [-0.2, 0) is 0 Å². The zero-order valence-corrected chi connectivity index (χ0v) is 11.5. The molecule has 0 fully saturated rings. The van der Waals surface area contributed by atoms with Crippen LogP contribution in [0.3, 0.4) is 0 Å². The molecule has 100 valence electrons. The summed E-state index contributed by atoms with van der Waals surface area (Å²) in [6, 6.07) is 11.8. The van der Waals surface area contributed by atoms with Gasteiger partial charge in [0, 0.05) is 31.0 Å². The average molecular weight is 257 g/mol. The molecule has 0 saturated carbocycles. The van der Waals surface area contributed by atoms with Gasteiger partial charge in [0.15, 0.2) is 0 Å². The van der Waals surface area contributed by atoms with Crippen LogP contribution in [0.25, 0.3) is 0 Å². The number of methoxy groups -OCH3 is 1. The normalized spacial score (nSPS) is 12.0. The summed E-state index contributed by atoms with van der Waals surface area (Å²) >= 11 is 0. The fourth-order valence-electron chi connectivity index (χ4n) is 1.85. The van der Waals surface area contributed by atoms with Crippen molar-refractivity contribution in [3.05, 3.63) is 48.2 Å². The minimum atomic E-state index is 0.000425. The molecule has 19 heavy (non-hydrogen) atoms. The van der Waals surface area contributed by atoms with Gasteiger partial charge in [-0.15, -0.1) is 0 Å². The Kier molecular flexibility index (Phi) is 4.02. The first-order valence-corrected chi connectivity index (χ1v) is 6.21. The Labute approximate surface area is 113 Å². The largest absolute Gasteiger partial charge is 0.497 e. The lowest BCUT2D eigenvalue weighted by molar-refractivity contribution is 0.415. The first-order chi connectivity index (χ1) is 9.11. The second-order valence-electron chi connectivity index (χ2n) is 4.50. The molecule has 0 unspecified atom stereocenters. The van der Waals surface area contributed by atoms with Crippen molar-refractivity contribution in [2.45, 2.75) is 13.0 Å². The van der Waals surface area contributed by atoms with Crippen molar-refractivity contribution in [2.75, 3.05) is 19.1 Å². The molecule has 0 saturated heterocycles. The third kappa shape index (κ3) is 3.03. The SMILES string of the molecule is COc1cccc(N(C)c2cc([C@@H](C)N)ccn2)c1. The summed E-state index contributed by atoms with van der Waals surface area (Å²) in [7, 11) is 3.64. The molecule has 0 aliphatic carbocycles. The minimum Gasteiger partial charge on any atom is -0.497 e. The lowest BCUT2D eigenvalue weighted by atomic mass is 10.1. The zero-order valence-electron chi connectivity index (χ0n) is 11.5. The molecule has 4 heteroatoms. The van der Waals surface area contributed by atoms with Crippen LogP contribution in [0, 0.1) is 0 Å². The smallest absolute Gasteiger partial charge is 0.132 e. The minimum absolute atomic E-state index is 0.000425. The fourth-order valence-corrected chi connectivity index (χ4v) is 1.85. The summed E-state index contributed by atoms with van der Waals surface area (Å²) in [6.07, 6.45) is 1.78. The standard InChI is InChI=1S/C15H19N3O/c1-11(16)12-7-8-17-15(9-12)18(2)13-5-4-6-14(10-13)19-3/h4-11H,16H2,1-3H3/t11-/m1/s1. The van der Waals surface area contributed by atoms with Crippen molar-refractivity contribution in [3.8, 4) is 5.75 Å². The second-order valence-corrected chi connectivity index (χ2v) is 4.50. The Morgan fingerprint density at radius 1 is 1.26 bits per heavy atom. The number of benzene rings is 1. The van der Waals surface area contributed by atoms with Crippen LogP contribution >= 0.6 is 0 Å². The monoisotopic (exact) mass is 257 g/mol. The van der Waals surface area contributed by atoms with Crippen molar-refractivity contribution >= 4 is 11.5 Å². The Hall–Kier alpha value is -2.07. The second kappa shape index (κ2) is 5.71. The summed E-state index contributed by atoms with van der Waals surface area (Å²) in [5.41, 5.74) is 7.99. The van der Waals surface area contributed by atoms with Gasteiger partial charge in [0.05, 0.1) is 7.11 Å². The summed E-state index contributed by atoms with van der Waals surface area (Å²) in [4.78, 5) is 6.39. The summed E-state index contributed by atoms with van der Waals surface area (Å²) < 4.78 is 5.24. The molecule has 2 aromatic rings. The molecule has 1 aromatic carbocycles. The molecular formula is C15H19N3O. The van der Waals surface area contributed by atoms with E-state index in [9.17, 15) is 0 Å². The number of rotatable bonds is 4. The Morgan fingerprint density at radius 3 is 2.74 bits per heavy atom. The molecule has 0 radical (unpaired) electrons. The molecule has 0 amide bonds. The van der Waals surface area contributed by atoms with Crippen molar-refractivity contribution in [3.63, 3.8) is 0 Å². The molecule has 2 rings (SSSR count). The van der Waals surface area contributed by atoms with Crippen LogP contribution in [0.4, 0.5) is 11.5 Å². The number of aromatic nitrogens is 1. The van der Waals surface area contributed by atoms with Gasteiger partial charge in [0.1, 0.15) is 11.6 Å². The third-order valence-corrected chi connectivity index (χ3v) is 3.08. The molecule has 0 aliphatic heterocycles. The van der Waals surface area contributed by atoms with E-state index < -0.39 is 0 Å². The molecule has 2 N–H and O–H groups in total. The van der Waals surface area contributed by atoms with Crippen molar-refractivity contribution in [2.24, 2.45) is 5.73 Å². The molecule has 1 atom stereocenters. The number of nitrogens with two attached hydrogens (primary N) is 1. The van der Waals surface area contributed by atoms with Crippen LogP contribution in [0.15, 0.2) is 42.6 Å². The molecule has 0 spiro atoms. The molecule has 0 bridgehead atoms. The van der Waals surface area contributed by atoms with Crippen LogP contribution in [-0.4, -0.2) is 19.1 Å². The van der Waals surface area contributed by atoms with Crippen LogP contribution in [0.1, 0.15) is 18.5 Å². The maximum atomic E-state index is 5.90. The highest BCUT2D eigenvalue weighted by Gasteiger charge is 2.08. The number of hydrogen-bond donors (Lipinski definition) is 1. The van der Waals surface area contributed by atoms with E-state index in [4.69, 9.17) is 10.5 Å². The van der Waals surface area contributed by atoms with Gasteiger partial charge < -0.3 is 15.4 Å². The Balaban J connectivity index is 2.32. The van der Waals surface area contributed by atoms with Gasteiger partial charge in [-0.05, 0) is 36.8 Å². The first kappa shape index (κ1) is 13.4. The third-order valence-electron chi connectivity index (χ3n) is 3.08. The van der Waals surface area contributed by atoms with Crippen LogP contribution in [0.2, 0.25) is 0 Å². The van der Waals surface area contributed by atoms with Crippen LogP contribution in [0.5, 0.6) is 5.75 Å². The summed E-state index contributed by atoms with van der Waals surface area (Å²) in [5.74, 6) is 1.69. The van der Waals surface area contributed by atoms with Gasteiger partial charge in [-0.25, -0.2) is 4.98 Å². The van der Waals surface area contributed by atoms with E-state index in [2.05, 4.69) is 4.98 Å². The average Bonchev–Trinajstić information content (AvgIpc) is 2.46. The summed E-state index contributed by atoms with van der Waals surface area (Å²) in [5, 5.41) is 0. The Bertz CT molecular complexity index is 555. The number of anilines is 2. The quantitative estimate of drug-likeness (QED) is 0.915. The Morgan fingerprint density at radius 2 is 2.05 bits per heavy atom. The number of pyridine rings is 1. The van der Waals surface area contributed by atoms with Crippen molar-refractivity contribution in [1.82, 2.24) is 4.98 Å². The topological polar surface area (TPSA) is 51.4 Å². The van der Waals surface area contributed by atoms with E-state index in [1.54, 1.807) is 13.3 Å². The van der Waals surface area contributed by atoms with E-state index in [0.717, 1.165) is 22.8 Å². The maximum Gasteiger partial charge on any atom is 0.132 e. The number of nitrogens with zero attached hydrogens (tertiary/aromatic N) is 2.